The van der Waals surface area contributed by atoms with Gasteiger partial charge in [0.25, 0.3) is 10.1 Å². The van der Waals surface area contributed by atoms with Gasteiger partial charge in [-0.25, -0.2) is 0 Å². The largest absolute Gasteiger partial charge is 0.494 e. The number of azo groups is 1. The lowest BCUT2D eigenvalue weighted by Gasteiger charge is -2.03. The van der Waals surface area contributed by atoms with Gasteiger partial charge in [0.1, 0.15) is 10.6 Å². The van der Waals surface area contributed by atoms with Crippen LogP contribution in [0.2, 0.25) is 0 Å². The average molecular weight is 321 g/mol. The summed E-state index contributed by atoms with van der Waals surface area (Å²) >= 11 is 0. The third kappa shape index (κ3) is 4.03. The molecule has 0 heterocycles. The quantitative estimate of drug-likeness (QED) is 0.498. The van der Waals surface area contributed by atoms with Gasteiger partial charge in [0, 0.05) is 0 Å². The minimum absolute atomic E-state index is 0.0532. The van der Waals surface area contributed by atoms with Gasteiger partial charge >= 0.3 is 0 Å². The monoisotopic (exact) mass is 321 g/mol. The minimum atomic E-state index is -4.39. The first-order valence-electron chi connectivity index (χ1n) is 6.42. The smallest absolute Gasteiger partial charge is 0.296 e. The zero-order chi connectivity index (χ0) is 16.2. The van der Waals surface area contributed by atoms with E-state index >= 15 is 0 Å². The molecule has 0 aliphatic rings. The third-order valence-corrected chi connectivity index (χ3v) is 3.61. The highest BCUT2D eigenvalue weighted by Gasteiger charge is 2.14. The van der Waals surface area contributed by atoms with Crippen molar-refractivity contribution in [3.05, 3.63) is 42.5 Å². The summed E-state index contributed by atoms with van der Waals surface area (Å²) in [6, 6.07) is 10.9. The number of nitrogens with zero attached hydrogens (tertiary/aromatic N) is 2. The zero-order valence-corrected chi connectivity index (χ0v) is 12.6. The molecule has 116 valence electrons. The maximum absolute atomic E-state index is 11.2. The molecule has 0 saturated heterocycles. The Morgan fingerprint density at radius 2 is 1.68 bits per heavy atom. The molecule has 2 aromatic carbocycles. The van der Waals surface area contributed by atoms with Gasteiger partial charge in [-0.15, -0.1) is 0 Å². The molecule has 22 heavy (non-hydrogen) atoms. The van der Waals surface area contributed by atoms with Crippen molar-refractivity contribution in [2.45, 2.75) is 11.8 Å². The summed E-state index contributed by atoms with van der Waals surface area (Å²) in [4.78, 5) is -0.393. The van der Waals surface area contributed by atoms with Crippen LogP contribution in [0.15, 0.2) is 57.6 Å². The summed E-state index contributed by atoms with van der Waals surface area (Å²) in [5.74, 6) is 0.725. The maximum atomic E-state index is 11.2. The van der Waals surface area contributed by atoms with Crippen LogP contribution in [0.3, 0.4) is 0 Å². The predicted octanol–water partition coefficient (Wildman–Crippen LogP) is 3.33. The van der Waals surface area contributed by atoms with Gasteiger partial charge < -0.3 is 10.5 Å². The Hall–Kier alpha value is -2.45. The molecule has 2 aromatic rings. The summed E-state index contributed by atoms with van der Waals surface area (Å²) in [5.41, 5.74) is 6.29. The SMILES string of the molecule is CCOc1ccc(N=Nc2ccc(N)c(S(=O)(=O)O)c2)cc1. The highest BCUT2D eigenvalue weighted by Crippen LogP contribution is 2.26. The van der Waals surface area contributed by atoms with Crippen LogP contribution >= 0.6 is 0 Å². The number of ether oxygens (including phenoxy) is 1. The van der Waals surface area contributed by atoms with Crippen molar-refractivity contribution >= 4 is 27.2 Å². The first kappa shape index (κ1) is 15.9. The summed E-state index contributed by atoms with van der Waals surface area (Å²) in [5, 5.41) is 7.90. The summed E-state index contributed by atoms with van der Waals surface area (Å²) < 4.78 is 36.7. The molecular formula is C14H15N3O4S. The molecule has 8 heteroatoms. The van der Waals surface area contributed by atoms with Crippen molar-refractivity contribution < 1.29 is 17.7 Å². The fourth-order valence-corrected chi connectivity index (χ4v) is 2.34. The minimum Gasteiger partial charge on any atom is -0.494 e. The first-order valence-corrected chi connectivity index (χ1v) is 7.86. The molecule has 0 unspecified atom stereocenters. The van der Waals surface area contributed by atoms with E-state index in [9.17, 15) is 8.42 Å². The van der Waals surface area contributed by atoms with Crippen molar-refractivity contribution in [2.24, 2.45) is 10.2 Å². The fraction of sp³-hybridized carbons (Fsp3) is 0.143. The molecule has 0 fully saturated rings. The summed E-state index contributed by atoms with van der Waals surface area (Å²) in [6.07, 6.45) is 0. The Morgan fingerprint density at radius 1 is 1.09 bits per heavy atom. The van der Waals surface area contributed by atoms with Crippen LogP contribution in [-0.2, 0) is 10.1 Å². The second-order valence-corrected chi connectivity index (χ2v) is 5.71. The fourth-order valence-electron chi connectivity index (χ4n) is 1.70. The zero-order valence-electron chi connectivity index (χ0n) is 11.8. The molecule has 0 saturated carbocycles. The summed E-state index contributed by atoms with van der Waals surface area (Å²) in [7, 11) is -4.39. The van der Waals surface area contributed by atoms with Crippen LogP contribution < -0.4 is 10.5 Å². The second-order valence-electron chi connectivity index (χ2n) is 4.32. The maximum Gasteiger partial charge on any atom is 0.296 e. The highest BCUT2D eigenvalue weighted by molar-refractivity contribution is 7.86. The Labute approximate surface area is 128 Å². The lowest BCUT2D eigenvalue weighted by atomic mass is 10.3. The van der Waals surface area contributed by atoms with Crippen LogP contribution in [0.1, 0.15) is 6.92 Å². The molecule has 0 radical (unpaired) electrons. The van der Waals surface area contributed by atoms with Gasteiger partial charge in [0.2, 0.25) is 0 Å². The lowest BCUT2D eigenvalue weighted by molar-refractivity contribution is 0.340. The van der Waals surface area contributed by atoms with E-state index in [0.29, 0.717) is 12.3 Å². The van der Waals surface area contributed by atoms with E-state index in [1.165, 1.54) is 12.1 Å². The van der Waals surface area contributed by atoms with E-state index in [-0.39, 0.29) is 11.4 Å². The van der Waals surface area contributed by atoms with E-state index in [4.69, 9.17) is 15.0 Å². The third-order valence-electron chi connectivity index (χ3n) is 2.70. The van der Waals surface area contributed by atoms with E-state index < -0.39 is 15.0 Å². The van der Waals surface area contributed by atoms with Gasteiger partial charge in [0.05, 0.1) is 23.7 Å². The summed E-state index contributed by atoms with van der Waals surface area (Å²) in [6.45, 7) is 2.46. The van der Waals surface area contributed by atoms with Crippen molar-refractivity contribution in [2.75, 3.05) is 12.3 Å². The number of hydrogen-bond donors (Lipinski definition) is 2. The normalized spacial score (nSPS) is 11.7. The van der Waals surface area contributed by atoms with Crippen LogP contribution in [0, 0.1) is 0 Å². The number of nitrogens with two attached hydrogens (primary N) is 1. The van der Waals surface area contributed by atoms with Crippen molar-refractivity contribution in [3.8, 4) is 5.75 Å². The van der Waals surface area contributed by atoms with E-state index in [1.54, 1.807) is 24.3 Å². The van der Waals surface area contributed by atoms with Gasteiger partial charge in [-0.2, -0.15) is 18.6 Å². The number of nitrogen functional groups attached to an aromatic ring is 1. The number of hydrogen-bond acceptors (Lipinski definition) is 6. The Kier molecular flexibility index (Phi) is 4.74. The number of anilines is 1. The van der Waals surface area contributed by atoms with Crippen LogP contribution in [0.4, 0.5) is 17.1 Å². The van der Waals surface area contributed by atoms with E-state index in [0.717, 1.165) is 11.8 Å². The molecule has 0 aromatic heterocycles. The molecule has 0 aliphatic carbocycles. The number of rotatable bonds is 5. The molecule has 0 aliphatic heterocycles. The Bertz CT molecular complexity index is 786. The molecule has 0 spiro atoms. The Balaban J connectivity index is 2.23. The lowest BCUT2D eigenvalue weighted by Crippen LogP contribution is -2.02. The molecule has 7 nitrogen and oxygen atoms in total. The van der Waals surface area contributed by atoms with Gasteiger partial charge in [-0.3, -0.25) is 4.55 Å². The number of benzene rings is 2. The molecule has 3 N–H and O–H groups in total. The van der Waals surface area contributed by atoms with E-state index in [2.05, 4.69) is 10.2 Å². The molecule has 2 rings (SSSR count). The van der Waals surface area contributed by atoms with Crippen LogP contribution in [-0.4, -0.2) is 19.6 Å². The topological polar surface area (TPSA) is 114 Å². The molecular weight excluding hydrogens is 306 g/mol. The van der Waals surface area contributed by atoms with Gasteiger partial charge in [0.15, 0.2) is 0 Å². The van der Waals surface area contributed by atoms with Gasteiger partial charge in [-0.05, 0) is 49.4 Å². The average Bonchev–Trinajstić information content (AvgIpc) is 2.47. The van der Waals surface area contributed by atoms with Crippen LogP contribution in [0.25, 0.3) is 0 Å². The van der Waals surface area contributed by atoms with E-state index in [1.807, 2.05) is 6.92 Å². The predicted molar refractivity (Wildman–Crippen MR) is 82.5 cm³/mol. The second kappa shape index (κ2) is 6.54. The first-order chi connectivity index (χ1) is 10.4. The van der Waals surface area contributed by atoms with Crippen molar-refractivity contribution in [1.29, 1.82) is 0 Å². The molecule has 0 bridgehead atoms. The Morgan fingerprint density at radius 3 is 2.27 bits per heavy atom. The standard InChI is InChI=1S/C14H15N3O4S/c1-2-21-12-6-3-10(4-7-12)16-17-11-5-8-13(15)14(9-11)22(18,19)20/h3-9H,2,15H2,1H3,(H,18,19,20). The molecule has 0 atom stereocenters. The van der Waals surface area contributed by atoms with Crippen molar-refractivity contribution in [1.82, 2.24) is 0 Å². The molecule has 0 amide bonds. The van der Waals surface area contributed by atoms with Gasteiger partial charge in [-0.1, -0.05) is 0 Å². The van der Waals surface area contributed by atoms with Crippen LogP contribution in [0.5, 0.6) is 5.75 Å². The van der Waals surface area contributed by atoms with Crippen molar-refractivity contribution in [3.63, 3.8) is 0 Å². The highest BCUT2D eigenvalue weighted by atomic mass is 32.2.